The van der Waals surface area contributed by atoms with Crippen LogP contribution in [-0.4, -0.2) is 96.7 Å². The van der Waals surface area contributed by atoms with Crippen molar-refractivity contribution in [3.8, 4) is 0 Å². The lowest BCUT2D eigenvalue weighted by atomic mass is 9.99. The second-order valence-corrected chi connectivity index (χ2v) is 31.6. The van der Waals surface area contributed by atoms with Crippen molar-refractivity contribution in [1.29, 1.82) is 0 Å². The third kappa shape index (κ3) is 67.3. The van der Waals surface area contributed by atoms with Gasteiger partial charge in [0.2, 0.25) is 0 Å². The maximum atomic E-state index is 13.0. The highest BCUT2D eigenvalue weighted by Gasteiger charge is 2.30. The first-order chi connectivity index (χ1) is 45.1. The van der Waals surface area contributed by atoms with E-state index < -0.39 is 97.5 Å². The predicted molar refractivity (Wildman–Crippen MR) is 381 cm³/mol. The average Bonchev–Trinajstić information content (AvgIpc) is 1.16. The number of phosphoric acid groups is 2. The molecule has 0 amide bonds. The van der Waals surface area contributed by atoms with Crippen LogP contribution in [-0.2, 0) is 65.4 Å². The summed E-state index contributed by atoms with van der Waals surface area (Å²) in [5, 5.41) is 10.6. The molecule has 0 bridgehead atoms. The maximum Gasteiger partial charge on any atom is 0.472 e. The molecule has 4 unspecified atom stereocenters. The molecule has 17 nitrogen and oxygen atoms in total. The summed E-state index contributed by atoms with van der Waals surface area (Å²) in [7, 11) is -9.91. The Morgan fingerprint density at radius 3 is 0.755 bits per heavy atom. The van der Waals surface area contributed by atoms with Crippen molar-refractivity contribution in [3.05, 3.63) is 0 Å². The van der Waals surface area contributed by atoms with E-state index in [1.54, 1.807) is 0 Å². The number of carbonyl (C=O) groups excluding carboxylic acids is 4. The molecule has 0 radical (unpaired) electrons. The molecule has 0 aromatic rings. The highest BCUT2D eigenvalue weighted by molar-refractivity contribution is 7.47. The quantitative estimate of drug-likeness (QED) is 0.0222. The second-order valence-electron chi connectivity index (χ2n) is 28.7. The van der Waals surface area contributed by atoms with Crippen molar-refractivity contribution in [2.45, 2.75) is 395 Å². The fourth-order valence-corrected chi connectivity index (χ4v) is 12.9. The number of unbranched alkanes of at least 4 members (excludes halogenated alkanes) is 37. The highest BCUT2D eigenvalue weighted by Crippen LogP contribution is 2.45. The first kappa shape index (κ1) is 92.1. The van der Waals surface area contributed by atoms with Crippen LogP contribution in [0.5, 0.6) is 0 Å². The van der Waals surface area contributed by atoms with Crippen LogP contribution >= 0.6 is 15.6 Å². The average molecular weight is 1380 g/mol. The summed E-state index contributed by atoms with van der Waals surface area (Å²) in [5.74, 6) is 0.883. The SMILES string of the molecule is CCC(C)CCCCCCCCCCCCCCCCCCCCC(=O)OC[C@H](COP(=O)(O)OCC(O)COP(=O)(O)OC[C@@H](COC(=O)CCCCCCCCCC(C)C)OC(=O)CCCCCCCCCCCC(C)C)OC(=O)CCCCCCCCCC(C)C. The van der Waals surface area contributed by atoms with Gasteiger partial charge in [-0.15, -0.1) is 0 Å². The zero-order chi connectivity index (χ0) is 69.6. The Bertz CT molecular complexity index is 1850. The minimum absolute atomic E-state index is 0.103. The van der Waals surface area contributed by atoms with Crippen LogP contribution in [0, 0.1) is 23.7 Å². The number of rotatable bonds is 72. The van der Waals surface area contributed by atoms with Crippen LogP contribution in [0.2, 0.25) is 0 Å². The van der Waals surface area contributed by atoms with Crippen LogP contribution in [0.4, 0.5) is 0 Å². The maximum absolute atomic E-state index is 13.0. The lowest BCUT2D eigenvalue weighted by Crippen LogP contribution is -2.30. The van der Waals surface area contributed by atoms with Gasteiger partial charge in [-0.2, -0.15) is 0 Å². The van der Waals surface area contributed by atoms with Gasteiger partial charge in [0.1, 0.15) is 19.3 Å². The van der Waals surface area contributed by atoms with Crippen molar-refractivity contribution >= 4 is 39.5 Å². The molecule has 0 rings (SSSR count). The third-order valence-corrected chi connectivity index (χ3v) is 19.6. The van der Waals surface area contributed by atoms with E-state index in [0.717, 1.165) is 108 Å². The normalized spacial score (nSPS) is 14.4. The number of esters is 4. The molecule has 0 saturated carbocycles. The third-order valence-electron chi connectivity index (χ3n) is 17.7. The van der Waals surface area contributed by atoms with Crippen LogP contribution in [0.3, 0.4) is 0 Å². The lowest BCUT2D eigenvalue weighted by molar-refractivity contribution is -0.161. The first-order valence-corrected chi connectivity index (χ1v) is 41.7. The summed E-state index contributed by atoms with van der Waals surface area (Å²) in [6.45, 7) is 14.1. The molecule has 3 N–H and O–H groups in total. The van der Waals surface area contributed by atoms with Crippen LogP contribution in [0.15, 0.2) is 0 Å². The molecule has 558 valence electrons. The van der Waals surface area contributed by atoms with Gasteiger partial charge < -0.3 is 33.8 Å². The number of aliphatic hydroxyl groups excluding tert-OH is 1. The number of ether oxygens (including phenoxy) is 4. The number of hydrogen-bond donors (Lipinski definition) is 3. The van der Waals surface area contributed by atoms with E-state index in [-0.39, 0.29) is 25.7 Å². The largest absolute Gasteiger partial charge is 0.472 e. The second kappa shape index (κ2) is 64.4. The van der Waals surface area contributed by atoms with E-state index in [0.29, 0.717) is 37.5 Å². The van der Waals surface area contributed by atoms with Gasteiger partial charge in [-0.25, -0.2) is 9.13 Å². The van der Waals surface area contributed by atoms with Gasteiger partial charge in [0.05, 0.1) is 26.4 Å². The highest BCUT2D eigenvalue weighted by atomic mass is 31.2. The molecule has 0 heterocycles. The Kier molecular flexibility index (Phi) is 63.1. The minimum atomic E-state index is -4.95. The van der Waals surface area contributed by atoms with Crippen LogP contribution < -0.4 is 0 Å². The summed E-state index contributed by atoms with van der Waals surface area (Å²) >= 11 is 0. The Morgan fingerprint density at radius 1 is 0.298 bits per heavy atom. The van der Waals surface area contributed by atoms with Crippen LogP contribution in [0.1, 0.15) is 376 Å². The number of aliphatic hydroxyl groups is 1. The zero-order valence-corrected chi connectivity index (χ0v) is 63.4. The lowest BCUT2D eigenvalue weighted by Gasteiger charge is -2.21. The van der Waals surface area contributed by atoms with Gasteiger partial charge in [-0.3, -0.25) is 37.3 Å². The zero-order valence-electron chi connectivity index (χ0n) is 61.6. The molecule has 6 atom stereocenters. The van der Waals surface area contributed by atoms with Gasteiger partial charge in [-0.05, 0) is 49.4 Å². The van der Waals surface area contributed by atoms with Gasteiger partial charge in [0.25, 0.3) is 0 Å². The summed E-state index contributed by atoms with van der Waals surface area (Å²) in [6, 6.07) is 0. The molecule has 0 saturated heterocycles. The van der Waals surface area contributed by atoms with Crippen molar-refractivity contribution in [2.24, 2.45) is 23.7 Å². The first-order valence-electron chi connectivity index (χ1n) is 38.7. The monoisotopic (exact) mass is 1380 g/mol. The number of carbonyl (C=O) groups is 4. The summed E-state index contributed by atoms with van der Waals surface area (Å²) in [6.07, 6.45) is 48.9. The van der Waals surface area contributed by atoms with Crippen LogP contribution in [0.25, 0.3) is 0 Å². The van der Waals surface area contributed by atoms with E-state index in [1.807, 2.05) is 0 Å². The van der Waals surface area contributed by atoms with Gasteiger partial charge in [0, 0.05) is 25.7 Å². The minimum Gasteiger partial charge on any atom is -0.462 e. The standard InChI is InChI=1S/C75H146O17P2/c1-9-68(8)54-46-38-30-22-18-16-14-12-10-11-13-15-17-19-23-31-39-47-55-72(77)85-61-71(92-75(80)58-50-42-34-26-29-37-45-53-67(6)7)64-90-94(83,84)88-60-69(76)59-87-93(81,82)89-63-70(62-86-73(78)56-48-40-33-25-28-36-44-52-66(4)5)91-74(79)57-49-41-32-24-20-21-27-35-43-51-65(2)3/h65-71,76H,9-64H2,1-8H3,(H,81,82)(H,83,84)/t68?,69?,70-,71-/m1/s1. The van der Waals surface area contributed by atoms with Gasteiger partial charge in [0.15, 0.2) is 12.2 Å². The Morgan fingerprint density at radius 2 is 0.511 bits per heavy atom. The van der Waals surface area contributed by atoms with Crippen molar-refractivity contribution in [3.63, 3.8) is 0 Å². The molecule has 0 aromatic carbocycles. The van der Waals surface area contributed by atoms with E-state index in [1.165, 1.54) is 173 Å². The van der Waals surface area contributed by atoms with E-state index in [2.05, 4.69) is 55.4 Å². The van der Waals surface area contributed by atoms with E-state index in [4.69, 9.17) is 37.0 Å². The smallest absolute Gasteiger partial charge is 0.462 e. The summed E-state index contributed by atoms with van der Waals surface area (Å²) < 4.78 is 68.4. The summed E-state index contributed by atoms with van der Waals surface area (Å²) in [5.41, 5.74) is 0. The molecule has 0 aliphatic rings. The molecule has 0 aliphatic heterocycles. The molecule has 94 heavy (non-hydrogen) atoms. The number of hydrogen-bond acceptors (Lipinski definition) is 15. The van der Waals surface area contributed by atoms with Crippen molar-refractivity contribution in [1.82, 2.24) is 0 Å². The fraction of sp³-hybridized carbons (Fsp3) is 0.947. The number of phosphoric ester groups is 2. The molecule has 0 spiro atoms. The molecule has 19 heteroatoms. The Hall–Kier alpha value is -1.94. The fourth-order valence-electron chi connectivity index (χ4n) is 11.3. The van der Waals surface area contributed by atoms with E-state index >= 15 is 0 Å². The van der Waals surface area contributed by atoms with Crippen molar-refractivity contribution in [2.75, 3.05) is 39.6 Å². The predicted octanol–water partition coefficient (Wildman–Crippen LogP) is 21.7. The van der Waals surface area contributed by atoms with Gasteiger partial charge >= 0.3 is 39.5 Å². The topological polar surface area (TPSA) is 237 Å². The Balaban J connectivity index is 5.12. The molecule has 0 aliphatic carbocycles. The van der Waals surface area contributed by atoms with Gasteiger partial charge in [-0.1, -0.05) is 325 Å². The molecular weight excluding hydrogens is 1230 g/mol. The molecule has 0 aromatic heterocycles. The summed E-state index contributed by atoms with van der Waals surface area (Å²) in [4.78, 5) is 72.6. The van der Waals surface area contributed by atoms with E-state index in [9.17, 15) is 43.2 Å². The molecular formula is C75H146O17P2. The Labute approximate surface area is 575 Å². The van der Waals surface area contributed by atoms with Crippen molar-refractivity contribution < 1.29 is 80.2 Å². The molecule has 0 fully saturated rings.